The number of benzene rings is 2. The molecule has 3 atom stereocenters. The van der Waals surface area contributed by atoms with E-state index in [9.17, 15) is 0 Å². The predicted octanol–water partition coefficient (Wildman–Crippen LogP) is 6.29. The number of hydrogen-bond donors (Lipinski definition) is 1. The van der Waals surface area contributed by atoms with Crippen LogP contribution in [0.25, 0.3) is 20.4 Å². The van der Waals surface area contributed by atoms with Crippen LogP contribution in [0.2, 0.25) is 0 Å². The molecule has 6 nitrogen and oxygen atoms in total. The van der Waals surface area contributed by atoms with Crippen molar-refractivity contribution < 1.29 is 31.0 Å². The maximum absolute atomic E-state index is 5.06. The molecular weight excluding hydrogens is 686 g/mol. The predicted molar refractivity (Wildman–Crippen MR) is 218 cm³/mol. The Hall–Kier alpha value is -1.17. The van der Waals surface area contributed by atoms with Crippen molar-refractivity contribution in [3.63, 3.8) is 0 Å². The SMILES string of the molecule is C[C@H]1CCC(c2ccc3sc(C4CCN(C5CC5)CC4)nc3c2)=NC1.C[C@H]1CC[C@H](c2ccc3sc(C4CCN(C5CC5)CC4)nc3c2)NC1.[B].[H-].[Na+]. The molecule has 0 bridgehead atoms. The van der Waals surface area contributed by atoms with Gasteiger partial charge in [-0.1, -0.05) is 26.0 Å². The molecule has 4 aromatic rings. The maximum Gasteiger partial charge on any atom is 1.00 e. The Morgan fingerprint density at radius 2 is 1.25 bits per heavy atom. The van der Waals surface area contributed by atoms with Gasteiger partial charge in [-0.3, -0.25) is 4.99 Å². The normalized spacial score (nSPS) is 26.7. The fraction of sp³-hybridized carbons (Fsp3) is 0.643. The van der Waals surface area contributed by atoms with E-state index >= 15 is 0 Å². The minimum absolute atomic E-state index is 0. The molecule has 2 aliphatic carbocycles. The molecule has 271 valence electrons. The van der Waals surface area contributed by atoms with Crippen LogP contribution in [-0.2, 0) is 0 Å². The largest absolute Gasteiger partial charge is 1.00 e. The van der Waals surface area contributed by atoms with Crippen molar-refractivity contribution in [2.24, 2.45) is 16.8 Å². The molecule has 2 aromatic heterocycles. The number of aliphatic imine (C=N–C) groups is 1. The van der Waals surface area contributed by atoms with Crippen molar-refractivity contribution >= 4 is 57.2 Å². The fourth-order valence-electron chi connectivity index (χ4n) is 8.89. The monoisotopic (exact) mass is 743 g/mol. The minimum atomic E-state index is 0. The summed E-state index contributed by atoms with van der Waals surface area (Å²) >= 11 is 3.85. The zero-order valence-corrected chi connectivity index (χ0v) is 35.5. The number of nitrogens with zero attached hydrogens (tertiary/aromatic N) is 5. The summed E-state index contributed by atoms with van der Waals surface area (Å²) in [5, 5.41) is 6.46. The van der Waals surface area contributed by atoms with Crippen LogP contribution in [0.1, 0.15) is 131 Å². The number of hydrogen-bond acceptors (Lipinski definition) is 8. The van der Waals surface area contributed by atoms with E-state index in [0.717, 1.165) is 43.4 Å². The summed E-state index contributed by atoms with van der Waals surface area (Å²) in [6.07, 6.45) is 15.8. The summed E-state index contributed by atoms with van der Waals surface area (Å²) < 4.78 is 2.71. The van der Waals surface area contributed by atoms with Gasteiger partial charge in [0.15, 0.2) is 0 Å². The Morgan fingerprint density at radius 3 is 1.77 bits per heavy atom. The van der Waals surface area contributed by atoms with E-state index < -0.39 is 0 Å². The van der Waals surface area contributed by atoms with Crippen LogP contribution in [0.15, 0.2) is 41.4 Å². The maximum atomic E-state index is 5.06. The van der Waals surface area contributed by atoms with E-state index in [1.54, 1.807) is 0 Å². The molecule has 3 saturated heterocycles. The topological polar surface area (TPSA) is 56.7 Å². The molecule has 3 radical (unpaired) electrons. The molecule has 5 fully saturated rings. The Kier molecular flexibility index (Phi) is 13.0. The van der Waals surface area contributed by atoms with Crippen molar-refractivity contribution in [3.05, 3.63) is 57.5 Å². The molecule has 52 heavy (non-hydrogen) atoms. The summed E-state index contributed by atoms with van der Waals surface area (Å²) in [6, 6.07) is 16.2. The van der Waals surface area contributed by atoms with Crippen molar-refractivity contribution in [3.8, 4) is 0 Å². The molecule has 0 amide bonds. The average Bonchev–Trinajstić information content (AvgIpc) is 4.10. The molecule has 10 rings (SSSR count). The molecule has 1 N–H and O–H groups in total. The minimum Gasteiger partial charge on any atom is -1.00 e. The van der Waals surface area contributed by atoms with Gasteiger partial charge in [0.2, 0.25) is 0 Å². The van der Waals surface area contributed by atoms with Gasteiger partial charge in [-0.2, -0.15) is 0 Å². The van der Waals surface area contributed by atoms with E-state index in [1.165, 1.54) is 144 Å². The molecular formula is C42H57BN6NaS2. The van der Waals surface area contributed by atoms with E-state index in [0.29, 0.717) is 17.9 Å². The van der Waals surface area contributed by atoms with E-state index in [4.69, 9.17) is 15.0 Å². The Morgan fingerprint density at radius 1 is 0.673 bits per heavy atom. The first-order valence-electron chi connectivity index (χ1n) is 20.1. The smallest absolute Gasteiger partial charge is 1.00 e. The molecule has 6 aliphatic rings. The number of fused-ring (bicyclic) bond motifs is 2. The van der Waals surface area contributed by atoms with Gasteiger partial charge in [-0.15, -0.1) is 22.7 Å². The van der Waals surface area contributed by atoms with E-state index in [-0.39, 0.29) is 39.4 Å². The third-order valence-electron chi connectivity index (χ3n) is 12.6. The molecule has 2 saturated carbocycles. The summed E-state index contributed by atoms with van der Waals surface area (Å²) in [5.74, 6) is 2.90. The second kappa shape index (κ2) is 17.3. The van der Waals surface area contributed by atoms with Crippen molar-refractivity contribution in [1.82, 2.24) is 25.1 Å². The van der Waals surface area contributed by atoms with Gasteiger partial charge in [0.05, 0.1) is 30.4 Å². The van der Waals surface area contributed by atoms with Gasteiger partial charge in [0, 0.05) is 50.6 Å². The van der Waals surface area contributed by atoms with Crippen LogP contribution in [0.5, 0.6) is 0 Å². The van der Waals surface area contributed by atoms with Crippen molar-refractivity contribution in [2.75, 3.05) is 39.3 Å². The number of aromatic nitrogens is 2. The molecule has 0 spiro atoms. The first-order valence-corrected chi connectivity index (χ1v) is 21.7. The van der Waals surface area contributed by atoms with Gasteiger partial charge < -0.3 is 16.5 Å². The Bertz CT molecular complexity index is 1820. The second-order valence-electron chi connectivity index (χ2n) is 16.7. The number of rotatable bonds is 6. The van der Waals surface area contributed by atoms with Gasteiger partial charge in [0.25, 0.3) is 0 Å². The Balaban J connectivity index is 0.000000172. The number of piperidine rings is 3. The van der Waals surface area contributed by atoms with Crippen LogP contribution >= 0.6 is 22.7 Å². The summed E-state index contributed by atoms with van der Waals surface area (Å²) in [5.41, 5.74) is 6.41. The summed E-state index contributed by atoms with van der Waals surface area (Å²) in [7, 11) is 0. The van der Waals surface area contributed by atoms with E-state index in [2.05, 4.69) is 65.4 Å². The first kappa shape index (κ1) is 39.1. The van der Waals surface area contributed by atoms with Crippen molar-refractivity contribution in [1.29, 1.82) is 0 Å². The first-order chi connectivity index (χ1) is 24.5. The molecule has 6 heterocycles. The number of likely N-dealkylation sites (tertiary alicyclic amines) is 2. The van der Waals surface area contributed by atoms with Gasteiger partial charge >= 0.3 is 29.6 Å². The summed E-state index contributed by atoms with van der Waals surface area (Å²) in [4.78, 5) is 20.3. The van der Waals surface area contributed by atoms with Crippen molar-refractivity contribution in [2.45, 2.75) is 121 Å². The Labute approximate surface area is 345 Å². The van der Waals surface area contributed by atoms with Crippen LogP contribution in [0, 0.1) is 11.8 Å². The fourth-order valence-corrected chi connectivity index (χ4v) is 11.1. The zero-order chi connectivity index (χ0) is 33.6. The van der Waals surface area contributed by atoms with Gasteiger partial charge in [-0.25, -0.2) is 9.97 Å². The van der Waals surface area contributed by atoms with Crippen LogP contribution in [0.4, 0.5) is 0 Å². The van der Waals surface area contributed by atoms with Crippen LogP contribution in [0.3, 0.4) is 0 Å². The molecule has 10 heteroatoms. The van der Waals surface area contributed by atoms with Crippen LogP contribution < -0.4 is 34.9 Å². The molecule has 4 aliphatic heterocycles. The molecule has 2 aromatic carbocycles. The molecule has 0 unspecified atom stereocenters. The van der Waals surface area contributed by atoms with Crippen LogP contribution in [-0.4, -0.2) is 85.2 Å². The van der Waals surface area contributed by atoms with Gasteiger partial charge in [-0.05, 0) is 157 Å². The number of thiazole rings is 2. The standard InChI is InChI=1S/C21H29N3S.C21H27N3S.B.Na.H/c2*1-14-2-6-18(22-13-14)16-3-7-20-19(12-16)23-21(25-20)15-8-10-24(11-9-15)17-4-5-17;;;/h3,7,12,14-15,17-18,22H,2,4-6,8-11,13H2,1H3;3,7,12,14-15,17H,2,4-6,8-11,13H2,1H3;;;/q;;;+1;-1/t14-,18+;14-;;;/m00.../s1. The quantitative estimate of drug-likeness (QED) is 0.236. The second-order valence-corrected chi connectivity index (χ2v) is 18.8. The average molecular weight is 744 g/mol. The third kappa shape index (κ3) is 9.10. The zero-order valence-electron chi connectivity index (χ0n) is 32.9. The van der Waals surface area contributed by atoms with E-state index in [1.807, 2.05) is 22.7 Å². The number of nitrogens with one attached hydrogen (secondary N) is 1. The third-order valence-corrected chi connectivity index (χ3v) is 15.0. The summed E-state index contributed by atoms with van der Waals surface area (Å²) in [6.45, 7) is 11.9. The van der Waals surface area contributed by atoms with Gasteiger partial charge in [0.1, 0.15) is 0 Å².